The summed E-state index contributed by atoms with van der Waals surface area (Å²) in [6, 6.07) is 9.20. The van der Waals surface area contributed by atoms with Gasteiger partial charge in [-0.1, -0.05) is 31.4 Å². The number of hydrogen-bond acceptors (Lipinski definition) is 6. The Morgan fingerprint density at radius 3 is 2.47 bits per heavy atom. The number of likely N-dealkylation sites (N-methyl/N-ethyl adjacent to an activating group) is 1. The fraction of sp³-hybridized carbons (Fsp3) is 0.500. The van der Waals surface area contributed by atoms with Crippen molar-refractivity contribution < 1.29 is 1.43 Å². The third-order valence-corrected chi connectivity index (χ3v) is 6.57. The molecule has 5 rings (SSSR count). The molecule has 0 bridgehead atoms. The van der Waals surface area contributed by atoms with Crippen molar-refractivity contribution in [2.24, 2.45) is 0 Å². The summed E-state index contributed by atoms with van der Waals surface area (Å²) in [7, 11) is 2.23. The van der Waals surface area contributed by atoms with Gasteiger partial charge in [-0.3, -0.25) is 14.9 Å². The van der Waals surface area contributed by atoms with Crippen LogP contribution < -0.4 is 5.32 Å². The van der Waals surface area contributed by atoms with Crippen LogP contribution in [0.2, 0.25) is 0 Å². The van der Waals surface area contributed by atoms with Gasteiger partial charge in [-0.2, -0.15) is 0 Å². The lowest BCUT2D eigenvalue weighted by Crippen LogP contribution is -2.49. The summed E-state index contributed by atoms with van der Waals surface area (Å²) in [6.07, 6.45) is 14.4. The van der Waals surface area contributed by atoms with E-state index in [1.54, 1.807) is 18.6 Å². The van der Waals surface area contributed by atoms with E-state index in [1.165, 1.54) is 58.3 Å². The summed E-state index contributed by atoms with van der Waals surface area (Å²) >= 11 is 0. The molecule has 1 aliphatic heterocycles. The molecule has 32 heavy (non-hydrogen) atoms. The van der Waals surface area contributed by atoms with E-state index in [0.717, 1.165) is 40.4 Å². The molecule has 2 fully saturated rings. The fourth-order valence-electron chi connectivity index (χ4n) is 4.66. The maximum Gasteiger partial charge on any atom is 0.126 e. The highest BCUT2D eigenvalue weighted by Crippen LogP contribution is 2.24. The van der Waals surface area contributed by atoms with Gasteiger partial charge in [0.25, 0.3) is 0 Å². The molecule has 1 aliphatic carbocycles. The first-order chi connectivity index (χ1) is 15.7. The molecule has 0 radical (unpaired) electrons. The minimum atomic E-state index is 0. The van der Waals surface area contributed by atoms with Crippen LogP contribution in [0.15, 0.2) is 49.1 Å². The Morgan fingerprint density at radius 1 is 0.938 bits per heavy atom. The third-order valence-electron chi connectivity index (χ3n) is 6.57. The molecule has 0 amide bonds. The quantitative estimate of drug-likeness (QED) is 0.628. The zero-order chi connectivity index (χ0) is 22.2. The van der Waals surface area contributed by atoms with Crippen molar-refractivity contribution >= 4 is 16.6 Å². The van der Waals surface area contributed by atoms with E-state index in [1.807, 2.05) is 12.3 Å². The fourth-order valence-corrected chi connectivity index (χ4v) is 4.66. The van der Waals surface area contributed by atoms with Crippen LogP contribution in [0.3, 0.4) is 0 Å². The van der Waals surface area contributed by atoms with Gasteiger partial charge in [-0.05, 0) is 44.3 Å². The van der Waals surface area contributed by atoms with Gasteiger partial charge in [0.1, 0.15) is 5.82 Å². The number of pyridine rings is 1. The molecule has 1 saturated carbocycles. The van der Waals surface area contributed by atoms with Crippen LogP contribution in [0.25, 0.3) is 22.0 Å². The van der Waals surface area contributed by atoms with Crippen LogP contribution in [0.4, 0.5) is 5.82 Å². The SMILES string of the molecule is CCNc1cc2cc(-c3cnccn3)ccc2cn1.CN1CCN(C2CCCCC2)CC1.[HH]. The van der Waals surface area contributed by atoms with E-state index in [9.17, 15) is 0 Å². The molecule has 1 saturated heterocycles. The van der Waals surface area contributed by atoms with Crippen molar-refractivity contribution in [2.45, 2.75) is 45.1 Å². The molecule has 6 heteroatoms. The van der Waals surface area contributed by atoms with Gasteiger partial charge in [0, 0.05) is 69.7 Å². The highest BCUT2D eigenvalue weighted by atomic mass is 15.3. The Morgan fingerprint density at radius 2 is 1.75 bits per heavy atom. The number of rotatable bonds is 4. The molecular formula is C26H38N6. The molecule has 6 nitrogen and oxygen atoms in total. The standard InChI is InChI=1S/C15H14N4.C11H22N2.H2/c1-2-17-15-8-13-7-11(3-4-12(13)9-19-15)14-10-16-5-6-18-14;1-12-7-9-13(10-8-12)11-5-3-2-4-6-11;/h3-10H,2H2,1H3,(H,17,19);11H,2-10H2,1H3;1H. The van der Waals surface area contributed by atoms with Gasteiger partial charge < -0.3 is 10.2 Å². The number of nitrogens with zero attached hydrogens (tertiary/aromatic N) is 5. The lowest BCUT2D eigenvalue weighted by atomic mass is 9.94. The van der Waals surface area contributed by atoms with Crippen molar-refractivity contribution in [1.29, 1.82) is 0 Å². The van der Waals surface area contributed by atoms with Crippen LogP contribution in [0.5, 0.6) is 0 Å². The number of piperazine rings is 1. The van der Waals surface area contributed by atoms with Gasteiger partial charge in [-0.25, -0.2) is 4.98 Å². The second-order valence-electron chi connectivity index (χ2n) is 8.88. The first-order valence-electron chi connectivity index (χ1n) is 12.1. The summed E-state index contributed by atoms with van der Waals surface area (Å²) in [6.45, 7) is 8.08. The summed E-state index contributed by atoms with van der Waals surface area (Å²) in [5.41, 5.74) is 1.94. The first kappa shape index (κ1) is 22.6. The van der Waals surface area contributed by atoms with Crippen LogP contribution in [-0.4, -0.2) is 70.6 Å². The number of fused-ring (bicyclic) bond motifs is 1. The average Bonchev–Trinajstić information content (AvgIpc) is 2.86. The van der Waals surface area contributed by atoms with E-state index in [-0.39, 0.29) is 1.43 Å². The minimum absolute atomic E-state index is 0. The molecule has 172 valence electrons. The highest BCUT2D eigenvalue weighted by Gasteiger charge is 2.23. The van der Waals surface area contributed by atoms with Crippen molar-refractivity contribution in [3.8, 4) is 11.3 Å². The Bertz CT molecular complexity index is 969. The van der Waals surface area contributed by atoms with Gasteiger partial charge >= 0.3 is 0 Å². The maximum atomic E-state index is 4.36. The second kappa shape index (κ2) is 11.3. The molecule has 0 atom stereocenters. The lowest BCUT2D eigenvalue weighted by molar-refractivity contribution is 0.0913. The van der Waals surface area contributed by atoms with Crippen LogP contribution in [0.1, 0.15) is 40.5 Å². The predicted molar refractivity (Wildman–Crippen MR) is 135 cm³/mol. The number of benzene rings is 1. The normalized spacial score (nSPS) is 18.2. The van der Waals surface area contributed by atoms with Crippen molar-refractivity contribution in [2.75, 3.05) is 45.1 Å². The molecule has 0 unspecified atom stereocenters. The number of hydrogen-bond donors (Lipinski definition) is 1. The Hall–Kier alpha value is -2.57. The van der Waals surface area contributed by atoms with E-state index >= 15 is 0 Å². The minimum Gasteiger partial charge on any atom is -0.370 e. The van der Waals surface area contributed by atoms with E-state index in [2.05, 4.69) is 62.2 Å². The number of nitrogens with one attached hydrogen (secondary N) is 1. The lowest BCUT2D eigenvalue weighted by Gasteiger charge is -2.39. The maximum absolute atomic E-state index is 4.36. The molecule has 3 aromatic rings. The van der Waals surface area contributed by atoms with Crippen LogP contribution in [-0.2, 0) is 0 Å². The van der Waals surface area contributed by atoms with E-state index in [0.29, 0.717) is 0 Å². The molecule has 1 aromatic carbocycles. The van der Waals surface area contributed by atoms with Crippen LogP contribution in [0, 0.1) is 0 Å². The summed E-state index contributed by atoms with van der Waals surface area (Å²) < 4.78 is 0. The van der Waals surface area contributed by atoms with Crippen molar-refractivity contribution in [1.82, 2.24) is 24.8 Å². The zero-order valence-electron chi connectivity index (χ0n) is 19.5. The molecule has 2 aromatic heterocycles. The molecule has 3 heterocycles. The largest absolute Gasteiger partial charge is 0.370 e. The van der Waals surface area contributed by atoms with E-state index in [4.69, 9.17) is 0 Å². The summed E-state index contributed by atoms with van der Waals surface area (Å²) in [5.74, 6) is 0.895. The molecule has 0 spiro atoms. The first-order valence-corrected chi connectivity index (χ1v) is 12.1. The molecule has 1 N–H and O–H groups in total. The zero-order valence-corrected chi connectivity index (χ0v) is 19.5. The Labute approximate surface area is 193 Å². The molecular weight excluding hydrogens is 396 g/mol. The van der Waals surface area contributed by atoms with Gasteiger partial charge in [-0.15, -0.1) is 0 Å². The van der Waals surface area contributed by atoms with Gasteiger partial charge in [0.15, 0.2) is 0 Å². The average molecular weight is 435 g/mol. The summed E-state index contributed by atoms with van der Waals surface area (Å²) in [5, 5.41) is 5.49. The van der Waals surface area contributed by atoms with Crippen molar-refractivity contribution in [3.63, 3.8) is 0 Å². The third kappa shape index (κ3) is 6.02. The predicted octanol–water partition coefficient (Wildman–Crippen LogP) is 4.94. The van der Waals surface area contributed by atoms with Gasteiger partial charge in [0.2, 0.25) is 0 Å². The van der Waals surface area contributed by atoms with Gasteiger partial charge in [0.05, 0.1) is 11.9 Å². The smallest absolute Gasteiger partial charge is 0.126 e. The monoisotopic (exact) mass is 434 g/mol. The second-order valence-corrected chi connectivity index (χ2v) is 8.88. The Kier molecular flexibility index (Phi) is 8.02. The number of anilines is 1. The summed E-state index contributed by atoms with van der Waals surface area (Å²) in [4.78, 5) is 17.9. The number of aromatic nitrogens is 3. The Balaban J connectivity index is 0.000000192. The topological polar surface area (TPSA) is 57.2 Å². The van der Waals surface area contributed by atoms with E-state index < -0.39 is 0 Å². The van der Waals surface area contributed by atoms with Crippen LogP contribution >= 0.6 is 0 Å². The molecule has 2 aliphatic rings. The highest BCUT2D eigenvalue weighted by molar-refractivity contribution is 5.87. The van der Waals surface area contributed by atoms with Crippen molar-refractivity contribution in [3.05, 3.63) is 49.1 Å².